The number of hydrogen-bond acceptors (Lipinski definition) is 6. The van der Waals surface area contributed by atoms with E-state index in [-0.39, 0.29) is 6.54 Å². The minimum atomic E-state index is -0.710. The van der Waals surface area contributed by atoms with Crippen molar-refractivity contribution in [2.75, 3.05) is 18.5 Å². The summed E-state index contributed by atoms with van der Waals surface area (Å²) in [5, 5.41) is 7.13. The second-order valence-corrected chi connectivity index (χ2v) is 8.44. The fourth-order valence-electron chi connectivity index (χ4n) is 4.27. The van der Waals surface area contributed by atoms with E-state index in [9.17, 15) is 14.4 Å². The fraction of sp³-hybridized carbons (Fsp3) is 0.269. The number of ether oxygens (including phenoxy) is 3. The second kappa shape index (κ2) is 9.05. The van der Waals surface area contributed by atoms with Gasteiger partial charge >= 0.3 is 5.97 Å². The third-order valence-electron chi connectivity index (χ3n) is 5.95. The number of hydrogen-bond donors (Lipinski definition) is 2. The molecule has 1 fully saturated rings. The predicted octanol–water partition coefficient (Wildman–Crippen LogP) is 3.79. The Hall–Kier alpha value is -4.07. The van der Waals surface area contributed by atoms with E-state index >= 15 is 0 Å². The Morgan fingerprint density at radius 1 is 0.882 bits per heavy atom. The Labute approximate surface area is 196 Å². The summed E-state index contributed by atoms with van der Waals surface area (Å²) in [4.78, 5) is 36.5. The average molecular weight is 460 g/mol. The Bertz CT molecular complexity index is 1270. The summed E-state index contributed by atoms with van der Waals surface area (Å²) in [5.74, 6) is -0.923. The van der Waals surface area contributed by atoms with Gasteiger partial charge in [0.25, 0.3) is 17.6 Å². The average Bonchev–Trinajstić information content (AvgIpc) is 3.46. The predicted molar refractivity (Wildman–Crippen MR) is 125 cm³/mol. The molecule has 5 rings (SSSR count). The van der Waals surface area contributed by atoms with Crippen molar-refractivity contribution < 1.29 is 28.6 Å². The standard InChI is InChI=1S/C26H24N2O6/c29-23(28-20-9-10-21-22(14-20)34-26(33-21)11-3-4-12-26)16-32-24(30)15-27-25(31)19-8-7-17-5-1-2-6-18(17)13-19/h1-2,5-10,13-14H,3-4,11-12,15-16H2,(H,27,31)(H,28,29). The van der Waals surface area contributed by atoms with Gasteiger partial charge in [-0.15, -0.1) is 0 Å². The lowest BCUT2D eigenvalue weighted by Gasteiger charge is -2.21. The van der Waals surface area contributed by atoms with Gasteiger partial charge in [-0.3, -0.25) is 14.4 Å². The van der Waals surface area contributed by atoms with Crippen LogP contribution < -0.4 is 20.1 Å². The lowest BCUT2D eigenvalue weighted by atomic mass is 10.1. The van der Waals surface area contributed by atoms with Gasteiger partial charge in [-0.05, 0) is 47.9 Å². The van der Waals surface area contributed by atoms with E-state index in [1.165, 1.54) is 0 Å². The zero-order valence-corrected chi connectivity index (χ0v) is 18.5. The molecule has 174 valence electrons. The highest BCUT2D eigenvalue weighted by molar-refractivity contribution is 6.00. The summed E-state index contributed by atoms with van der Waals surface area (Å²) in [6, 6.07) is 18.1. The van der Waals surface area contributed by atoms with Crippen LogP contribution in [0.2, 0.25) is 0 Å². The van der Waals surface area contributed by atoms with Crippen LogP contribution in [0.25, 0.3) is 10.8 Å². The summed E-state index contributed by atoms with van der Waals surface area (Å²) in [6.45, 7) is -0.811. The first-order chi connectivity index (χ1) is 16.5. The summed E-state index contributed by atoms with van der Waals surface area (Å²) in [6.07, 6.45) is 3.81. The van der Waals surface area contributed by atoms with Gasteiger partial charge in [0.2, 0.25) is 0 Å². The molecular weight excluding hydrogens is 436 g/mol. The van der Waals surface area contributed by atoms with Crippen molar-refractivity contribution in [3.8, 4) is 11.5 Å². The van der Waals surface area contributed by atoms with Gasteiger partial charge in [-0.25, -0.2) is 0 Å². The molecule has 34 heavy (non-hydrogen) atoms. The molecular formula is C26H24N2O6. The molecule has 0 aromatic heterocycles. The molecule has 0 bridgehead atoms. The Morgan fingerprint density at radius 2 is 1.65 bits per heavy atom. The number of fused-ring (bicyclic) bond motifs is 2. The highest BCUT2D eigenvalue weighted by Gasteiger charge is 2.44. The van der Waals surface area contributed by atoms with Crippen LogP contribution in [0, 0.1) is 0 Å². The van der Waals surface area contributed by atoms with Crippen LogP contribution in [-0.4, -0.2) is 36.7 Å². The first-order valence-corrected chi connectivity index (χ1v) is 11.2. The Morgan fingerprint density at radius 3 is 2.47 bits per heavy atom. The molecule has 2 amide bonds. The lowest BCUT2D eigenvalue weighted by molar-refractivity contribution is -0.146. The molecule has 2 N–H and O–H groups in total. The van der Waals surface area contributed by atoms with Gasteiger partial charge in [-0.1, -0.05) is 30.3 Å². The molecule has 1 spiro atoms. The summed E-state index contributed by atoms with van der Waals surface area (Å²) < 4.78 is 16.9. The molecule has 1 heterocycles. The summed E-state index contributed by atoms with van der Waals surface area (Å²) in [7, 11) is 0. The number of rotatable bonds is 6. The maximum Gasteiger partial charge on any atom is 0.325 e. The normalized spacial score (nSPS) is 15.3. The molecule has 0 atom stereocenters. The topological polar surface area (TPSA) is 103 Å². The van der Waals surface area contributed by atoms with Crippen molar-refractivity contribution in [3.05, 3.63) is 66.2 Å². The monoisotopic (exact) mass is 460 g/mol. The van der Waals surface area contributed by atoms with E-state index in [2.05, 4.69) is 10.6 Å². The molecule has 3 aromatic carbocycles. The zero-order valence-electron chi connectivity index (χ0n) is 18.5. The van der Waals surface area contributed by atoms with Crippen LogP contribution >= 0.6 is 0 Å². The number of amides is 2. The van der Waals surface area contributed by atoms with E-state index < -0.39 is 30.2 Å². The van der Waals surface area contributed by atoms with Gasteiger partial charge in [-0.2, -0.15) is 0 Å². The molecule has 0 saturated heterocycles. The van der Waals surface area contributed by atoms with Gasteiger partial charge in [0.05, 0.1) is 0 Å². The number of carbonyl (C=O) groups excluding carboxylic acids is 3. The molecule has 8 nitrogen and oxygen atoms in total. The molecule has 1 saturated carbocycles. The van der Waals surface area contributed by atoms with Gasteiger partial charge < -0.3 is 24.8 Å². The molecule has 0 radical (unpaired) electrons. The van der Waals surface area contributed by atoms with Crippen molar-refractivity contribution in [2.45, 2.75) is 31.5 Å². The third-order valence-corrected chi connectivity index (χ3v) is 5.95. The first kappa shape index (κ1) is 21.8. The van der Waals surface area contributed by atoms with E-state index in [1.54, 1.807) is 30.3 Å². The van der Waals surface area contributed by atoms with Crippen molar-refractivity contribution in [2.24, 2.45) is 0 Å². The van der Waals surface area contributed by atoms with Crippen molar-refractivity contribution >= 4 is 34.2 Å². The van der Waals surface area contributed by atoms with Crippen LogP contribution in [0.4, 0.5) is 5.69 Å². The van der Waals surface area contributed by atoms with Crippen molar-refractivity contribution in [1.29, 1.82) is 0 Å². The molecule has 3 aromatic rings. The number of esters is 1. The second-order valence-electron chi connectivity index (χ2n) is 8.44. The van der Waals surface area contributed by atoms with E-state index in [1.807, 2.05) is 30.3 Å². The van der Waals surface area contributed by atoms with Gasteiger partial charge in [0, 0.05) is 30.2 Å². The molecule has 1 aliphatic heterocycles. The quantitative estimate of drug-likeness (QED) is 0.543. The minimum Gasteiger partial charge on any atom is -0.454 e. The zero-order chi connectivity index (χ0) is 23.5. The smallest absolute Gasteiger partial charge is 0.325 e. The van der Waals surface area contributed by atoms with Crippen LogP contribution in [0.3, 0.4) is 0 Å². The van der Waals surface area contributed by atoms with Crippen LogP contribution in [0.1, 0.15) is 36.0 Å². The van der Waals surface area contributed by atoms with Gasteiger partial charge in [0.15, 0.2) is 18.1 Å². The van der Waals surface area contributed by atoms with E-state index in [0.717, 1.165) is 36.5 Å². The first-order valence-electron chi connectivity index (χ1n) is 11.2. The SMILES string of the molecule is O=C(COC(=O)CNC(=O)c1ccc2ccccc2c1)Nc1ccc2c(c1)OC1(CCCC1)O2. The Balaban J connectivity index is 1.08. The van der Waals surface area contributed by atoms with Crippen LogP contribution in [0.15, 0.2) is 60.7 Å². The highest BCUT2D eigenvalue weighted by Crippen LogP contribution is 2.47. The summed E-state index contributed by atoms with van der Waals surface area (Å²) in [5.41, 5.74) is 0.953. The van der Waals surface area contributed by atoms with Crippen LogP contribution in [-0.2, 0) is 14.3 Å². The fourth-order valence-corrected chi connectivity index (χ4v) is 4.27. The molecule has 8 heteroatoms. The van der Waals surface area contributed by atoms with E-state index in [4.69, 9.17) is 14.2 Å². The largest absolute Gasteiger partial charge is 0.454 e. The number of benzene rings is 3. The summed E-state index contributed by atoms with van der Waals surface area (Å²) >= 11 is 0. The minimum absolute atomic E-state index is 0.342. The number of anilines is 1. The third kappa shape index (κ3) is 4.66. The van der Waals surface area contributed by atoms with Crippen molar-refractivity contribution in [1.82, 2.24) is 5.32 Å². The van der Waals surface area contributed by atoms with E-state index in [0.29, 0.717) is 22.7 Å². The maximum absolute atomic E-state index is 12.3. The van der Waals surface area contributed by atoms with Gasteiger partial charge in [0.1, 0.15) is 6.54 Å². The highest BCUT2D eigenvalue weighted by atomic mass is 16.7. The number of carbonyl (C=O) groups is 3. The Kier molecular flexibility index (Phi) is 5.79. The van der Waals surface area contributed by atoms with Crippen LogP contribution in [0.5, 0.6) is 11.5 Å². The number of nitrogens with one attached hydrogen (secondary N) is 2. The molecule has 0 unspecified atom stereocenters. The lowest BCUT2D eigenvalue weighted by Crippen LogP contribution is -2.34. The van der Waals surface area contributed by atoms with Crippen molar-refractivity contribution in [3.63, 3.8) is 0 Å². The molecule has 2 aliphatic rings. The molecule has 1 aliphatic carbocycles. The maximum atomic E-state index is 12.3.